The van der Waals surface area contributed by atoms with Gasteiger partial charge in [0.05, 0.1) is 0 Å². The zero-order valence-corrected chi connectivity index (χ0v) is 11.6. The molecule has 3 heteroatoms. The fourth-order valence-corrected chi connectivity index (χ4v) is 2.48. The van der Waals surface area contributed by atoms with Gasteiger partial charge in [-0.3, -0.25) is 4.79 Å². The van der Waals surface area contributed by atoms with Crippen LogP contribution in [0.4, 0.5) is 0 Å². The van der Waals surface area contributed by atoms with Gasteiger partial charge in [-0.05, 0) is 45.4 Å². The lowest BCUT2D eigenvalue weighted by atomic mass is 9.94. The van der Waals surface area contributed by atoms with Gasteiger partial charge in [0, 0.05) is 32.1 Å². The van der Waals surface area contributed by atoms with Gasteiger partial charge in [-0.15, -0.1) is 0 Å². The Labute approximate surface area is 106 Å². The maximum atomic E-state index is 12.1. The number of nitrogens with zero attached hydrogens (tertiary/aromatic N) is 2. The Hall–Kier alpha value is -0.570. The second kappa shape index (κ2) is 7.70. The van der Waals surface area contributed by atoms with E-state index < -0.39 is 0 Å². The van der Waals surface area contributed by atoms with Gasteiger partial charge >= 0.3 is 0 Å². The van der Waals surface area contributed by atoms with E-state index in [2.05, 4.69) is 26.1 Å². The quantitative estimate of drug-likeness (QED) is 0.701. The zero-order valence-electron chi connectivity index (χ0n) is 11.6. The Bertz CT molecular complexity index is 222. The first kappa shape index (κ1) is 14.5. The number of hydrogen-bond donors (Lipinski definition) is 0. The molecule has 1 rings (SSSR count). The third-order valence-corrected chi connectivity index (χ3v) is 3.49. The minimum absolute atomic E-state index is 0.326. The molecule has 1 aliphatic rings. The molecular formula is C14H27N2O. The molecule has 1 unspecified atom stereocenters. The molecule has 0 bridgehead atoms. The van der Waals surface area contributed by atoms with Crippen LogP contribution < -0.4 is 5.32 Å². The van der Waals surface area contributed by atoms with E-state index in [1.807, 2.05) is 4.90 Å². The summed E-state index contributed by atoms with van der Waals surface area (Å²) in [5.74, 6) is 0.982. The molecule has 0 aromatic rings. The van der Waals surface area contributed by atoms with Crippen molar-refractivity contribution in [1.82, 2.24) is 10.2 Å². The van der Waals surface area contributed by atoms with E-state index in [0.717, 1.165) is 32.5 Å². The van der Waals surface area contributed by atoms with Crippen molar-refractivity contribution in [3.05, 3.63) is 0 Å². The highest BCUT2D eigenvalue weighted by molar-refractivity contribution is 5.76. The molecule has 1 radical (unpaired) electrons. The van der Waals surface area contributed by atoms with Crippen molar-refractivity contribution in [2.75, 3.05) is 19.6 Å². The van der Waals surface area contributed by atoms with Crippen LogP contribution in [-0.2, 0) is 4.79 Å². The largest absolute Gasteiger partial charge is 0.340 e. The van der Waals surface area contributed by atoms with Crippen LogP contribution in [0.25, 0.3) is 0 Å². The molecule has 0 spiro atoms. The van der Waals surface area contributed by atoms with Crippen LogP contribution >= 0.6 is 0 Å². The molecule has 1 amide bonds. The molecule has 17 heavy (non-hydrogen) atoms. The van der Waals surface area contributed by atoms with Crippen molar-refractivity contribution in [3.63, 3.8) is 0 Å². The first-order chi connectivity index (χ1) is 8.15. The Morgan fingerprint density at radius 2 is 2.24 bits per heavy atom. The van der Waals surface area contributed by atoms with E-state index >= 15 is 0 Å². The average molecular weight is 239 g/mol. The van der Waals surface area contributed by atoms with Crippen LogP contribution in [0, 0.1) is 5.92 Å². The molecule has 0 aromatic carbocycles. The number of rotatable bonds is 6. The van der Waals surface area contributed by atoms with Crippen molar-refractivity contribution in [3.8, 4) is 0 Å². The first-order valence-electron chi connectivity index (χ1n) is 7.07. The van der Waals surface area contributed by atoms with Crippen molar-refractivity contribution in [2.24, 2.45) is 5.92 Å². The van der Waals surface area contributed by atoms with Gasteiger partial charge in [-0.2, -0.15) is 0 Å². The zero-order chi connectivity index (χ0) is 12.7. The summed E-state index contributed by atoms with van der Waals surface area (Å²) in [4.78, 5) is 14.1. The SMILES string of the molecule is CCCN(C(=O)CCC1CCC[N]C1)C(C)C. The summed E-state index contributed by atoms with van der Waals surface area (Å²) in [5, 5.41) is 4.43. The number of amides is 1. The van der Waals surface area contributed by atoms with E-state index in [-0.39, 0.29) is 0 Å². The average Bonchev–Trinajstić information content (AvgIpc) is 2.34. The van der Waals surface area contributed by atoms with E-state index in [0.29, 0.717) is 24.3 Å². The van der Waals surface area contributed by atoms with Crippen LogP contribution in [0.3, 0.4) is 0 Å². The highest BCUT2D eigenvalue weighted by Gasteiger charge is 2.19. The van der Waals surface area contributed by atoms with E-state index in [1.54, 1.807) is 0 Å². The Morgan fingerprint density at radius 3 is 2.76 bits per heavy atom. The van der Waals surface area contributed by atoms with Gasteiger partial charge in [-0.1, -0.05) is 6.92 Å². The summed E-state index contributed by atoms with van der Waals surface area (Å²) in [5.41, 5.74) is 0. The third kappa shape index (κ3) is 5.07. The van der Waals surface area contributed by atoms with E-state index in [1.165, 1.54) is 12.8 Å². The first-order valence-corrected chi connectivity index (χ1v) is 7.07. The van der Waals surface area contributed by atoms with Gasteiger partial charge in [0.2, 0.25) is 5.91 Å². The van der Waals surface area contributed by atoms with Crippen molar-refractivity contribution < 1.29 is 4.79 Å². The number of carbonyl (C=O) groups is 1. The molecule has 1 fully saturated rings. The summed E-state index contributed by atoms with van der Waals surface area (Å²) >= 11 is 0. The minimum Gasteiger partial charge on any atom is -0.340 e. The maximum absolute atomic E-state index is 12.1. The van der Waals surface area contributed by atoms with E-state index in [9.17, 15) is 4.79 Å². The molecule has 1 atom stereocenters. The Balaban J connectivity index is 2.30. The smallest absolute Gasteiger partial charge is 0.222 e. The molecule has 0 aromatic heterocycles. The molecule has 1 aliphatic heterocycles. The minimum atomic E-state index is 0.326. The van der Waals surface area contributed by atoms with Crippen LogP contribution in [0.5, 0.6) is 0 Å². The maximum Gasteiger partial charge on any atom is 0.222 e. The molecule has 3 nitrogen and oxygen atoms in total. The van der Waals surface area contributed by atoms with Crippen molar-refractivity contribution in [1.29, 1.82) is 0 Å². The molecule has 0 aliphatic carbocycles. The number of piperidine rings is 1. The van der Waals surface area contributed by atoms with Gasteiger partial charge in [0.25, 0.3) is 0 Å². The molecule has 1 heterocycles. The van der Waals surface area contributed by atoms with Crippen molar-refractivity contribution in [2.45, 2.75) is 58.9 Å². The highest BCUT2D eigenvalue weighted by Crippen LogP contribution is 2.17. The predicted octanol–water partition coefficient (Wildman–Crippen LogP) is 2.43. The number of hydrogen-bond acceptors (Lipinski definition) is 1. The van der Waals surface area contributed by atoms with E-state index in [4.69, 9.17) is 0 Å². The van der Waals surface area contributed by atoms with Crippen LogP contribution in [0.1, 0.15) is 52.9 Å². The van der Waals surface area contributed by atoms with Crippen LogP contribution in [-0.4, -0.2) is 36.5 Å². The summed E-state index contributed by atoms with van der Waals surface area (Å²) in [6.07, 6.45) is 5.24. The standard InChI is InChI=1S/C14H27N2O/c1-4-10-16(12(2)3)14(17)8-7-13-6-5-9-15-11-13/h12-13H,4-11H2,1-3H3. The van der Waals surface area contributed by atoms with Gasteiger partial charge in [0.15, 0.2) is 0 Å². The van der Waals surface area contributed by atoms with Gasteiger partial charge < -0.3 is 4.90 Å². The fraction of sp³-hybridized carbons (Fsp3) is 0.929. The van der Waals surface area contributed by atoms with Crippen LogP contribution in [0.2, 0.25) is 0 Å². The Kier molecular flexibility index (Phi) is 6.56. The third-order valence-electron chi connectivity index (χ3n) is 3.49. The van der Waals surface area contributed by atoms with Gasteiger partial charge in [-0.25, -0.2) is 5.32 Å². The lowest BCUT2D eigenvalue weighted by Crippen LogP contribution is -2.38. The normalized spacial score (nSPS) is 20.6. The topological polar surface area (TPSA) is 34.4 Å². The summed E-state index contributed by atoms with van der Waals surface area (Å²) in [6, 6.07) is 0.332. The predicted molar refractivity (Wildman–Crippen MR) is 71.0 cm³/mol. The summed E-state index contributed by atoms with van der Waals surface area (Å²) in [6.45, 7) is 9.22. The molecule has 0 N–H and O–H groups in total. The van der Waals surface area contributed by atoms with Crippen LogP contribution in [0.15, 0.2) is 0 Å². The second-order valence-electron chi connectivity index (χ2n) is 5.36. The highest BCUT2D eigenvalue weighted by atomic mass is 16.2. The molecule has 99 valence electrons. The van der Waals surface area contributed by atoms with Gasteiger partial charge in [0.1, 0.15) is 0 Å². The molecular weight excluding hydrogens is 212 g/mol. The monoisotopic (exact) mass is 239 g/mol. The number of carbonyl (C=O) groups excluding carboxylic acids is 1. The Morgan fingerprint density at radius 1 is 1.47 bits per heavy atom. The molecule has 1 saturated heterocycles. The van der Waals surface area contributed by atoms with Crippen molar-refractivity contribution >= 4 is 5.91 Å². The summed E-state index contributed by atoms with van der Waals surface area (Å²) < 4.78 is 0. The molecule has 0 saturated carbocycles. The lowest BCUT2D eigenvalue weighted by molar-refractivity contribution is -0.133. The summed E-state index contributed by atoms with van der Waals surface area (Å²) in [7, 11) is 0. The second-order valence-corrected chi connectivity index (χ2v) is 5.36. The fourth-order valence-electron chi connectivity index (χ4n) is 2.48. The lowest BCUT2D eigenvalue weighted by Gasteiger charge is -2.28.